The average molecular weight is 417 g/mol. The van der Waals surface area contributed by atoms with Gasteiger partial charge in [-0.2, -0.15) is 0 Å². The molecule has 0 bridgehead atoms. The van der Waals surface area contributed by atoms with Gasteiger partial charge in [0, 0.05) is 31.1 Å². The van der Waals surface area contributed by atoms with Gasteiger partial charge in [-0.25, -0.2) is 9.78 Å². The summed E-state index contributed by atoms with van der Waals surface area (Å²) in [5.74, 6) is 0.797. The summed E-state index contributed by atoms with van der Waals surface area (Å²) in [6.45, 7) is 13.0. The van der Waals surface area contributed by atoms with E-state index in [1.165, 1.54) is 11.1 Å². The molecule has 31 heavy (non-hydrogen) atoms. The van der Waals surface area contributed by atoms with Crippen LogP contribution in [0.2, 0.25) is 0 Å². The zero-order valence-corrected chi connectivity index (χ0v) is 19.6. The van der Waals surface area contributed by atoms with E-state index in [-0.39, 0.29) is 16.8 Å². The Morgan fingerprint density at radius 1 is 0.839 bits per heavy atom. The molecular formula is C27H32N2O2. The Kier molecular flexibility index (Phi) is 6.21. The predicted molar refractivity (Wildman–Crippen MR) is 127 cm³/mol. The van der Waals surface area contributed by atoms with Crippen LogP contribution in [-0.4, -0.2) is 15.5 Å². The third-order valence-electron chi connectivity index (χ3n) is 5.34. The standard InChI is InChI=1S/C27H32N2O2/c1-26(2,3)21-12-8-19(9-13-21)23(18-24-28-16-17-29(24)7)31-25(30)20-10-14-22(15-11-20)27(4,5)6/h8-18H,1-7H3/b23-18-. The van der Waals surface area contributed by atoms with Crippen molar-refractivity contribution in [3.8, 4) is 0 Å². The van der Waals surface area contributed by atoms with E-state index in [0.29, 0.717) is 17.1 Å². The third kappa shape index (κ3) is 5.52. The molecule has 0 saturated carbocycles. The van der Waals surface area contributed by atoms with Crippen LogP contribution < -0.4 is 0 Å². The summed E-state index contributed by atoms with van der Waals surface area (Å²) in [5.41, 5.74) is 3.82. The topological polar surface area (TPSA) is 44.1 Å². The molecule has 4 heteroatoms. The van der Waals surface area contributed by atoms with Gasteiger partial charge in [-0.1, -0.05) is 77.9 Å². The number of hydrogen-bond donors (Lipinski definition) is 0. The van der Waals surface area contributed by atoms with Crippen LogP contribution in [0.25, 0.3) is 11.8 Å². The highest BCUT2D eigenvalue weighted by atomic mass is 16.5. The number of hydrogen-bond acceptors (Lipinski definition) is 3. The molecule has 1 heterocycles. The lowest BCUT2D eigenvalue weighted by Crippen LogP contribution is -2.12. The Balaban J connectivity index is 1.93. The van der Waals surface area contributed by atoms with Crippen LogP contribution in [-0.2, 0) is 22.6 Å². The summed E-state index contributed by atoms with van der Waals surface area (Å²) in [7, 11) is 1.91. The summed E-state index contributed by atoms with van der Waals surface area (Å²) in [4.78, 5) is 17.3. The molecule has 2 aromatic carbocycles. The van der Waals surface area contributed by atoms with E-state index < -0.39 is 0 Å². The lowest BCUT2D eigenvalue weighted by Gasteiger charge is -2.20. The first kappa shape index (κ1) is 22.5. The highest BCUT2D eigenvalue weighted by molar-refractivity contribution is 5.95. The number of imidazole rings is 1. The van der Waals surface area contributed by atoms with Gasteiger partial charge in [-0.3, -0.25) is 0 Å². The maximum atomic E-state index is 12.9. The van der Waals surface area contributed by atoms with Crippen LogP contribution in [0.5, 0.6) is 0 Å². The smallest absolute Gasteiger partial charge is 0.343 e. The van der Waals surface area contributed by atoms with Crippen LogP contribution in [0.1, 0.15) is 74.4 Å². The molecule has 0 aliphatic carbocycles. The van der Waals surface area contributed by atoms with Crippen molar-refractivity contribution in [3.63, 3.8) is 0 Å². The van der Waals surface area contributed by atoms with Crippen LogP contribution in [0.15, 0.2) is 60.9 Å². The molecule has 162 valence electrons. The van der Waals surface area contributed by atoms with Gasteiger partial charge in [-0.15, -0.1) is 0 Å². The molecule has 3 rings (SSSR count). The Hall–Kier alpha value is -3.14. The van der Waals surface area contributed by atoms with Crippen molar-refractivity contribution in [2.45, 2.75) is 52.4 Å². The molecule has 3 aromatic rings. The van der Waals surface area contributed by atoms with E-state index in [1.807, 2.05) is 54.2 Å². The minimum Gasteiger partial charge on any atom is -0.422 e. The molecule has 1 aromatic heterocycles. The molecule has 0 atom stereocenters. The molecule has 0 unspecified atom stereocenters. The van der Waals surface area contributed by atoms with E-state index in [4.69, 9.17) is 4.74 Å². The van der Waals surface area contributed by atoms with Crippen LogP contribution in [0.3, 0.4) is 0 Å². The predicted octanol–water partition coefficient (Wildman–Crippen LogP) is 6.37. The number of carbonyl (C=O) groups is 1. The summed E-state index contributed by atoms with van der Waals surface area (Å²) >= 11 is 0. The number of rotatable bonds is 4. The van der Waals surface area contributed by atoms with Crippen molar-refractivity contribution in [2.75, 3.05) is 0 Å². The SMILES string of the molecule is Cn1ccnc1/C=C(\OC(=O)c1ccc(C(C)(C)C)cc1)c1ccc(C(C)(C)C)cc1. The van der Waals surface area contributed by atoms with Gasteiger partial charge in [-0.05, 0) is 34.1 Å². The Morgan fingerprint density at radius 2 is 1.32 bits per heavy atom. The van der Waals surface area contributed by atoms with Gasteiger partial charge in [0.15, 0.2) is 0 Å². The third-order valence-corrected chi connectivity index (χ3v) is 5.34. The van der Waals surface area contributed by atoms with Crippen molar-refractivity contribution in [3.05, 3.63) is 89.0 Å². The zero-order valence-electron chi connectivity index (χ0n) is 19.6. The number of esters is 1. The maximum absolute atomic E-state index is 12.9. The molecule has 0 fully saturated rings. The molecule has 0 spiro atoms. The lowest BCUT2D eigenvalue weighted by atomic mass is 9.86. The minimum atomic E-state index is -0.388. The maximum Gasteiger partial charge on any atom is 0.343 e. The second-order valence-electron chi connectivity index (χ2n) is 9.95. The summed E-state index contributed by atoms with van der Waals surface area (Å²) in [5, 5.41) is 0. The molecule has 4 nitrogen and oxygen atoms in total. The first-order chi connectivity index (χ1) is 14.4. The van der Waals surface area contributed by atoms with E-state index in [1.54, 1.807) is 12.3 Å². The molecule has 0 N–H and O–H groups in total. The summed E-state index contributed by atoms with van der Waals surface area (Å²) in [6.07, 6.45) is 5.38. The summed E-state index contributed by atoms with van der Waals surface area (Å²) < 4.78 is 7.76. The number of aromatic nitrogens is 2. The van der Waals surface area contributed by atoms with Crippen LogP contribution in [0.4, 0.5) is 0 Å². The van der Waals surface area contributed by atoms with Crippen LogP contribution >= 0.6 is 0 Å². The van der Waals surface area contributed by atoms with Crippen molar-refractivity contribution in [1.82, 2.24) is 9.55 Å². The number of nitrogens with zero attached hydrogens (tertiary/aromatic N) is 2. The van der Waals surface area contributed by atoms with Gasteiger partial charge in [0.05, 0.1) is 5.56 Å². The number of aryl methyl sites for hydroxylation is 1. The van der Waals surface area contributed by atoms with E-state index in [9.17, 15) is 4.79 Å². The van der Waals surface area contributed by atoms with E-state index >= 15 is 0 Å². The number of benzene rings is 2. The molecule has 0 amide bonds. The Morgan fingerprint density at radius 3 is 1.74 bits per heavy atom. The zero-order chi connectivity index (χ0) is 22.8. The fraction of sp³-hybridized carbons (Fsp3) is 0.333. The van der Waals surface area contributed by atoms with Crippen molar-refractivity contribution < 1.29 is 9.53 Å². The molecular weight excluding hydrogens is 384 g/mol. The summed E-state index contributed by atoms with van der Waals surface area (Å²) in [6, 6.07) is 15.7. The normalized spacial score (nSPS) is 12.7. The molecule has 0 aliphatic heterocycles. The van der Waals surface area contributed by atoms with Gasteiger partial charge >= 0.3 is 5.97 Å². The number of carbonyl (C=O) groups excluding carboxylic acids is 1. The van der Waals surface area contributed by atoms with Crippen molar-refractivity contribution in [2.24, 2.45) is 7.05 Å². The fourth-order valence-electron chi connectivity index (χ4n) is 3.20. The van der Waals surface area contributed by atoms with Crippen molar-refractivity contribution >= 4 is 17.8 Å². The largest absolute Gasteiger partial charge is 0.422 e. The van der Waals surface area contributed by atoms with E-state index in [2.05, 4.69) is 58.7 Å². The quantitative estimate of drug-likeness (QED) is 0.367. The van der Waals surface area contributed by atoms with Gasteiger partial charge < -0.3 is 9.30 Å². The van der Waals surface area contributed by atoms with Gasteiger partial charge in [0.25, 0.3) is 0 Å². The molecule has 0 radical (unpaired) electrons. The second-order valence-corrected chi connectivity index (χ2v) is 9.95. The highest BCUT2D eigenvalue weighted by Gasteiger charge is 2.18. The van der Waals surface area contributed by atoms with Gasteiger partial charge in [0.2, 0.25) is 0 Å². The molecule has 0 aliphatic rings. The van der Waals surface area contributed by atoms with Crippen molar-refractivity contribution in [1.29, 1.82) is 0 Å². The Labute approximate surface area is 185 Å². The average Bonchev–Trinajstić information content (AvgIpc) is 3.11. The Bertz CT molecular complexity index is 1070. The highest BCUT2D eigenvalue weighted by Crippen LogP contribution is 2.27. The second kappa shape index (κ2) is 8.54. The van der Waals surface area contributed by atoms with Crippen LogP contribution in [0, 0.1) is 0 Å². The first-order valence-corrected chi connectivity index (χ1v) is 10.6. The minimum absolute atomic E-state index is 0.0283. The monoisotopic (exact) mass is 416 g/mol. The van der Waals surface area contributed by atoms with E-state index in [0.717, 1.165) is 5.56 Å². The number of ether oxygens (including phenoxy) is 1. The lowest BCUT2D eigenvalue weighted by molar-refractivity contribution is 0.0693. The van der Waals surface area contributed by atoms with Gasteiger partial charge in [0.1, 0.15) is 11.6 Å². The fourth-order valence-corrected chi connectivity index (χ4v) is 3.20. The first-order valence-electron chi connectivity index (χ1n) is 10.6. The molecule has 0 saturated heterocycles.